The molecule has 1 heterocycles. The van der Waals surface area contributed by atoms with Crippen LogP contribution in [0.2, 0.25) is 0 Å². The van der Waals surface area contributed by atoms with Gasteiger partial charge in [-0.3, -0.25) is 4.68 Å². The molecule has 0 saturated carbocycles. The third-order valence-corrected chi connectivity index (χ3v) is 3.78. The van der Waals surface area contributed by atoms with Crippen LogP contribution in [0.15, 0.2) is 35.4 Å². The van der Waals surface area contributed by atoms with Crippen molar-refractivity contribution in [1.29, 1.82) is 0 Å². The van der Waals surface area contributed by atoms with Gasteiger partial charge in [-0.25, -0.2) is 0 Å². The fraction of sp³-hybridized carbons (Fsp3) is 0.429. The van der Waals surface area contributed by atoms with Gasteiger partial charge in [0.15, 0.2) is 0 Å². The Hall–Kier alpha value is -1.33. The molecule has 0 bridgehead atoms. The van der Waals surface area contributed by atoms with Crippen LogP contribution in [0.25, 0.3) is 0 Å². The summed E-state index contributed by atoms with van der Waals surface area (Å²) in [6.07, 6.45) is 4.93. The Balaban J connectivity index is 2.13. The summed E-state index contributed by atoms with van der Waals surface area (Å²) in [4.78, 5) is 1.29. The Bertz CT molecular complexity index is 506. The Morgan fingerprint density at radius 3 is 2.58 bits per heavy atom. The number of likely N-dealkylation sites (N-methyl/N-ethyl adjacent to an activating group) is 1. The van der Waals surface area contributed by atoms with Crippen molar-refractivity contribution in [2.24, 2.45) is 7.05 Å². The van der Waals surface area contributed by atoms with Gasteiger partial charge in [-0.2, -0.15) is 0 Å². The van der Waals surface area contributed by atoms with E-state index in [-0.39, 0.29) is 6.04 Å². The second-order valence-corrected chi connectivity index (χ2v) is 5.35. The maximum atomic E-state index is 4.17. The first-order chi connectivity index (χ1) is 9.22. The molecule has 0 radical (unpaired) electrons. The van der Waals surface area contributed by atoms with Crippen molar-refractivity contribution < 1.29 is 0 Å². The molecule has 0 aliphatic carbocycles. The summed E-state index contributed by atoms with van der Waals surface area (Å²) in [6.45, 7) is 3.06. The topological polar surface area (TPSA) is 42.7 Å². The van der Waals surface area contributed by atoms with E-state index < -0.39 is 0 Å². The lowest BCUT2D eigenvalue weighted by Crippen LogP contribution is -2.23. The quantitative estimate of drug-likeness (QED) is 0.823. The molecule has 4 nitrogen and oxygen atoms in total. The number of hydrogen-bond acceptors (Lipinski definition) is 4. The van der Waals surface area contributed by atoms with Crippen LogP contribution in [0.1, 0.15) is 24.2 Å². The van der Waals surface area contributed by atoms with E-state index in [0.29, 0.717) is 0 Å². The zero-order valence-corrected chi connectivity index (χ0v) is 12.4. The molecule has 2 rings (SSSR count). The van der Waals surface area contributed by atoms with E-state index in [9.17, 15) is 0 Å². The molecule has 1 N–H and O–H groups in total. The highest BCUT2D eigenvalue weighted by atomic mass is 32.2. The van der Waals surface area contributed by atoms with E-state index in [1.54, 1.807) is 16.4 Å². The fourth-order valence-corrected chi connectivity index (χ4v) is 2.50. The van der Waals surface area contributed by atoms with Gasteiger partial charge in [0.2, 0.25) is 0 Å². The number of aromatic nitrogens is 3. The van der Waals surface area contributed by atoms with Gasteiger partial charge >= 0.3 is 0 Å². The molecule has 5 heteroatoms. The van der Waals surface area contributed by atoms with Crippen molar-refractivity contribution >= 4 is 11.8 Å². The van der Waals surface area contributed by atoms with Crippen molar-refractivity contribution in [2.45, 2.75) is 24.3 Å². The summed E-state index contributed by atoms with van der Waals surface area (Å²) >= 11 is 1.76. The molecule has 1 aromatic heterocycles. The van der Waals surface area contributed by atoms with Gasteiger partial charge in [0.1, 0.15) is 0 Å². The lowest BCUT2D eigenvalue weighted by atomic mass is 10.0. The van der Waals surface area contributed by atoms with E-state index in [0.717, 1.165) is 18.7 Å². The molecule has 1 unspecified atom stereocenters. The molecule has 2 aromatic rings. The van der Waals surface area contributed by atoms with E-state index in [1.165, 1.54) is 10.5 Å². The summed E-state index contributed by atoms with van der Waals surface area (Å²) in [6, 6.07) is 9.00. The molecular weight excluding hydrogens is 256 g/mol. The number of rotatable bonds is 6. The number of nitrogens with zero attached hydrogens (tertiary/aromatic N) is 3. The molecular formula is C14H20N4S. The molecule has 1 aromatic carbocycles. The van der Waals surface area contributed by atoms with Crippen LogP contribution in [0.4, 0.5) is 0 Å². The zero-order valence-electron chi connectivity index (χ0n) is 11.6. The minimum Gasteiger partial charge on any atom is -0.310 e. The van der Waals surface area contributed by atoms with Crippen molar-refractivity contribution in [3.8, 4) is 0 Å². The van der Waals surface area contributed by atoms with Gasteiger partial charge < -0.3 is 5.32 Å². The Kier molecular flexibility index (Phi) is 4.99. The van der Waals surface area contributed by atoms with Gasteiger partial charge in [-0.15, -0.1) is 16.9 Å². The monoisotopic (exact) mass is 276 g/mol. The van der Waals surface area contributed by atoms with Crippen molar-refractivity contribution in [3.63, 3.8) is 0 Å². The Morgan fingerprint density at radius 2 is 2.05 bits per heavy atom. The Labute approximate surface area is 118 Å². The van der Waals surface area contributed by atoms with Crippen LogP contribution in [0.5, 0.6) is 0 Å². The number of nitrogens with one attached hydrogen (secondary N) is 1. The predicted molar refractivity (Wildman–Crippen MR) is 79.3 cm³/mol. The maximum absolute atomic E-state index is 4.17. The molecule has 0 saturated heterocycles. The fourth-order valence-electron chi connectivity index (χ4n) is 2.09. The lowest BCUT2D eigenvalue weighted by Gasteiger charge is -2.17. The average molecular weight is 276 g/mol. The summed E-state index contributed by atoms with van der Waals surface area (Å²) in [5.74, 6) is 0. The SMILES string of the molecule is CCNC(Cc1cn(C)nn1)c1ccc(SC)cc1. The van der Waals surface area contributed by atoms with Gasteiger partial charge in [0.25, 0.3) is 0 Å². The minimum absolute atomic E-state index is 0.289. The highest BCUT2D eigenvalue weighted by Gasteiger charge is 2.13. The number of aryl methyl sites for hydroxylation is 1. The van der Waals surface area contributed by atoms with Gasteiger partial charge in [-0.05, 0) is 30.5 Å². The number of hydrogen-bond donors (Lipinski definition) is 1. The van der Waals surface area contributed by atoms with Gasteiger partial charge in [-0.1, -0.05) is 24.3 Å². The Morgan fingerprint density at radius 1 is 1.32 bits per heavy atom. The summed E-state index contributed by atoms with van der Waals surface area (Å²) in [5.41, 5.74) is 2.31. The predicted octanol–water partition coefficient (Wildman–Crippen LogP) is 2.43. The summed E-state index contributed by atoms with van der Waals surface area (Å²) in [7, 11) is 1.89. The molecule has 0 amide bonds. The second kappa shape index (κ2) is 6.73. The van der Waals surface area contributed by atoms with Crippen LogP contribution in [-0.2, 0) is 13.5 Å². The second-order valence-electron chi connectivity index (χ2n) is 4.47. The van der Waals surface area contributed by atoms with Gasteiger partial charge in [0, 0.05) is 30.6 Å². The van der Waals surface area contributed by atoms with Crippen LogP contribution in [0.3, 0.4) is 0 Å². The first-order valence-corrected chi connectivity index (χ1v) is 7.68. The van der Waals surface area contributed by atoms with Crippen LogP contribution >= 0.6 is 11.8 Å². The van der Waals surface area contributed by atoms with Crippen molar-refractivity contribution in [1.82, 2.24) is 20.3 Å². The average Bonchev–Trinajstić information content (AvgIpc) is 2.84. The van der Waals surface area contributed by atoms with Crippen molar-refractivity contribution in [2.75, 3.05) is 12.8 Å². The number of thioether (sulfide) groups is 1. The van der Waals surface area contributed by atoms with Crippen molar-refractivity contribution in [3.05, 3.63) is 41.7 Å². The minimum atomic E-state index is 0.289. The van der Waals surface area contributed by atoms with E-state index in [4.69, 9.17) is 0 Å². The van der Waals surface area contributed by atoms with Crippen LogP contribution < -0.4 is 5.32 Å². The maximum Gasteiger partial charge on any atom is 0.0845 e. The summed E-state index contributed by atoms with van der Waals surface area (Å²) < 4.78 is 1.75. The first kappa shape index (κ1) is 14.1. The first-order valence-electron chi connectivity index (χ1n) is 6.45. The van der Waals surface area contributed by atoms with Crippen LogP contribution in [-0.4, -0.2) is 27.8 Å². The molecule has 0 fully saturated rings. The van der Waals surface area contributed by atoms with Crippen LogP contribution in [0, 0.1) is 0 Å². The number of benzene rings is 1. The molecule has 1 atom stereocenters. The summed E-state index contributed by atoms with van der Waals surface area (Å²) in [5, 5.41) is 11.7. The molecule has 0 aliphatic rings. The highest BCUT2D eigenvalue weighted by molar-refractivity contribution is 7.98. The van der Waals surface area contributed by atoms with E-state index >= 15 is 0 Å². The standard InChI is InChI=1S/C14H20N4S/c1-4-15-14(9-12-10-18(2)17-16-12)11-5-7-13(19-3)8-6-11/h5-8,10,14-15H,4,9H2,1-3H3. The highest BCUT2D eigenvalue weighted by Crippen LogP contribution is 2.21. The molecule has 19 heavy (non-hydrogen) atoms. The normalized spacial score (nSPS) is 12.6. The lowest BCUT2D eigenvalue weighted by molar-refractivity contribution is 0.543. The molecule has 0 aliphatic heterocycles. The smallest absolute Gasteiger partial charge is 0.0845 e. The molecule has 0 spiro atoms. The largest absolute Gasteiger partial charge is 0.310 e. The zero-order chi connectivity index (χ0) is 13.7. The third-order valence-electron chi connectivity index (χ3n) is 3.03. The van der Waals surface area contributed by atoms with E-state index in [2.05, 4.69) is 53.1 Å². The third kappa shape index (κ3) is 3.81. The van der Waals surface area contributed by atoms with Gasteiger partial charge in [0.05, 0.1) is 5.69 Å². The molecule has 102 valence electrons. The van der Waals surface area contributed by atoms with E-state index in [1.807, 2.05) is 13.2 Å².